The summed E-state index contributed by atoms with van der Waals surface area (Å²) in [5.74, 6) is -0.242. The normalized spacial score (nSPS) is 15.2. The zero-order chi connectivity index (χ0) is 24.4. The Morgan fingerprint density at radius 3 is 2.54 bits per heavy atom. The van der Waals surface area contributed by atoms with Crippen LogP contribution in [0.4, 0.5) is 13.2 Å². The number of halogens is 3. The van der Waals surface area contributed by atoms with Gasteiger partial charge in [-0.25, -0.2) is 9.07 Å². The Bertz CT molecular complexity index is 1280. The van der Waals surface area contributed by atoms with Crippen LogP contribution in [0.15, 0.2) is 47.1 Å². The third-order valence-corrected chi connectivity index (χ3v) is 6.17. The molecule has 0 atom stereocenters. The third-order valence-electron chi connectivity index (χ3n) is 6.17. The first-order valence-corrected chi connectivity index (χ1v) is 11.4. The molecular formula is C24H24F3N7O. The van der Waals surface area contributed by atoms with Gasteiger partial charge in [0.2, 0.25) is 5.89 Å². The lowest BCUT2D eigenvalue weighted by atomic mass is 9.98. The van der Waals surface area contributed by atoms with Crippen LogP contribution in [-0.4, -0.2) is 48.2 Å². The summed E-state index contributed by atoms with van der Waals surface area (Å²) in [5.41, 5.74) is 3.21. The fourth-order valence-corrected chi connectivity index (χ4v) is 4.07. The van der Waals surface area contributed by atoms with Crippen LogP contribution < -0.4 is 0 Å². The van der Waals surface area contributed by atoms with Gasteiger partial charge in [0.25, 0.3) is 5.89 Å². The van der Waals surface area contributed by atoms with Crippen LogP contribution in [0.1, 0.15) is 43.3 Å². The van der Waals surface area contributed by atoms with Gasteiger partial charge in [0.15, 0.2) is 0 Å². The van der Waals surface area contributed by atoms with Crippen LogP contribution in [0.25, 0.3) is 22.7 Å². The predicted octanol–water partition coefficient (Wildman–Crippen LogP) is 4.75. The van der Waals surface area contributed by atoms with Crippen LogP contribution in [0.5, 0.6) is 0 Å². The summed E-state index contributed by atoms with van der Waals surface area (Å²) >= 11 is 0. The first-order chi connectivity index (χ1) is 16.9. The molecule has 8 nitrogen and oxygen atoms in total. The highest BCUT2D eigenvalue weighted by molar-refractivity contribution is 5.59. The smallest absolute Gasteiger partial charge is 0.314 e. The van der Waals surface area contributed by atoms with E-state index in [2.05, 4.69) is 37.3 Å². The summed E-state index contributed by atoms with van der Waals surface area (Å²) in [6.07, 6.45) is 2.70. The maximum atomic E-state index is 14.5. The molecule has 1 fully saturated rings. The van der Waals surface area contributed by atoms with Crippen LogP contribution in [-0.2, 0) is 13.1 Å². The predicted molar refractivity (Wildman–Crippen MR) is 121 cm³/mol. The largest absolute Gasteiger partial charge is 0.415 e. The van der Waals surface area contributed by atoms with Gasteiger partial charge in [-0.1, -0.05) is 12.1 Å². The minimum atomic E-state index is -2.82. The molecule has 1 aliphatic heterocycles. The van der Waals surface area contributed by atoms with Crippen LogP contribution in [0.2, 0.25) is 0 Å². The van der Waals surface area contributed by atoms with E-state index < -0.39 is 12.3 Å². The lowest BCUT2D eigenvalue weighted by Crippen LogP contribution is -2.32. The second-order valence-electron chi connectivity index (χ2n) is 8.85. The zero-order valence-electron chi connectivity index (χ0n) is 19.1. The molecule has 4 aromatic rings. The molecule has 1 saturated heterocycles. The first kappa shape index (κ1) is 23.2. The number of pyridine rings is 1. The van der Waals surface area contributed by atoms with E-state index in [4.69, 9.17) is 4.42 Å². The van der Waals surface area contributed by atoms with Crippen LogP contribution >= 0.6 is 0 Å². The number of hydrogen-bond donors (Lipinski definition) is 0. The van der Waals surface area contributed by atoms with Crippen molar-refractivity contribution in [3.05, 3.63) is 65.7 Å². The molecule has 1 aromatic carbocycles. The molecule has 11 heteroatoms. The molecule has 35 heavy (non-hydrogen) atoms. The number of benzene rings is 1. The Hall–Kier alpha value is -3.60. The van der Waals surface area contributed by atoms with Gasteiger partial charge < -0.3 is 4.42 Å². The van der Waals surface area contributed by atoms with Crippen molar-refractivity contribution < 1.29 is 17.6 Å². The van der Waals surface area contributed by atoms with Crippen LogP contribution in [0, 0.1) is 11.7 Å². The fraction of sp³-hybridized carbons (Fsp3) is 0.375. The summed E-state index contributed by atoms with van der Waals surface area (Å²) < 4.78 is 46.3. The van der Waals surface area contributed by atoms with Gasteiger partial charge in [0.05, 0.1) is 24.0 Å². The highest BCUT2D eigenvalue weighted by atomic mass is 19.3. The average Bonchev–Trinajstić information content (AvgIpc) is 3.53. The Morgan fingerprint density at radius 1 is 1.03 bits per heavy atom. The SMILES string of the molecule is CC1CCN(Cc2cc(-c3cn(Cc4ccc(-c5nnc(C(F)F)o5)cn4)nn3)ccc2F)CC1. The monoisotopic (exact) mass is 483 g/mol. The van der Waals surface area contributed by atoms with Crippen molar-refractivity contribution >= 4 is 0 Å². The Balaban J connectivity index is 1.26. The molecule has 0 radical (unpaired) electrons. The summed E-state index contributed by atoms with van der Waals surface area (Å²) in [7, 11) is 0. The van der Waals surface area contributed by atoms with E-state index in [0.29, 0.717) is 35.6 Å². The summed E-state index contributed by atoms with van der Waals surface area (Å²) in [6.45, 7) is 5.14. The third kappa shape index (κ3) is 5.40. The molecule has 5 rings (SSSR count). The van der Waals surface area contributed by atoms with Gasteiger partial charge in [0.1, 0.15) is 11.5 Å². The number of rotatable bonds is 7. The van der Waals surface area contributed by atoms with Crippen LogP contribution in [0.3, 0.4) is 0 Å². The quantitative estimate of drug-likeness (QED) is 0.375. The summed E-state index contributed by atoms with van der Waals surface area (Å²) in [4.78, 5) is 6.61. The number of likely N-dealkylation sites (tertiary alicyclic amines) is 1. The van der Waals surface area contributed by atoms with Crippen molar-refractivity contribution in [3.63, 3.8) is 0 Å². The first-order valence-electron chi connectivity index (χ1n) is 11.4. The molecule has 4 heterocycles. The molecule has 0 amide bonds. The van der Waals surface area contributed by atoms with Gasteiger partial charge in [-0.3, -0.25) is 9.88 Å². The zero-order valence-corrected chi connectivity index (χ0v) is 19.1. The molecule has 0 saturated carbocycles. The molecule has 1 aliphatic rings. The summed E-state index contributed by atoms with van der Waals surface area (Å²) in [5, 5.41) is 15.3. The second kappa shape index (κ2) is 9.95. The molecule has 0 aliphatic carbocycles. The number of aromatic nitrogens is 6. The molecule has 3 aromatic heterocycles. The summed E-state index contributed by atoms with van der Waals surface area (Å²) in [6, 6.07) is 8.41. The lowest BCUT2D eigenvalue weighted by molar-refractivity contribution is 0.116. The highest BCUT2D eigenvalue weighted by Gasteiger charge is 2.19. The fourth-order valence-electron chi connectivity index (χ4n) is 4.07. The maximum absolute atomic E-state index is 14.5. The van der Waals surface area contributed by atoms with E-state index in [9.17, 15) is 13.2 Å². The Kier molecular flexibility index (Phi) is 6.58. The Morgan fingerprint density at radius 2 is 1.83 bits per heavy atom. The lowest BCUT2D eigenvalue weighted by Gasteiger charge is -2.30. The number of hydrogen-bond acceptors (Lipinski definition) is 7. The second-order valence-corrected chi connectivity index (χ2v) is 8.85. The number of alkyl halides is 2. The van der Waals surface area contributed by atoms with E-state index in [1.165, 1.54) is 12.3 Å². The molecule has 0 unspecified atom stereocenters. The molecule has 0 bridgehead atoms. The van der Waals surface area contributed by atoms with Crippen molar-refractivity contribution in [1.82, 2.24) is 35.1 Å². The van der Waals surface area contributed by atoms with Gasteiger partial charge in [-0.05, 0) is 62.2 Å². The minimum absolute atomic E-state index is 0.0198. The van der Waals surface area contributed by atoms with E-state index in [1.807, 2.05) is 6.07 Å². The van der Waals surface area contributed by atoms with Gasteiger partial charge >= 0.3 is 6.43 Å². The van der Waals surface area contributed by atoms with E-state index in [0.717, 1.165) is 37.4 Å². The van der Waals surface area contributed by atoms with Gasteiger partial charge in [-0.15, -0.1) is 15.3 Å². The molecular weight excluding hydrogens is 459 g/mol. The van der Waals surface area contributed by atoms with Crippen molar-refractivity contribution in [3.8, 4) is 22.7 Å². The van der Waals surface area contributed by atoms with Gasteiger partial charge in [-0.2, -0.15) is 8.78 Å². The van der Waals surface area contributed by atoms with Crippen molar-refractivity contribution in [2.75, 3.05) is 13.1 Å². The molecule has 0 N–H and O–H groups in total. The number of nitrogens with zero attached hydrogens (tertiary/aromatic N) is 7. The van der Waals surface area contributed by atoms with E-state index >= 15 is 0 Å². The minimum Gasteiger partial charge on any atom is -0.415 e. The van der Waals surface area contributed by atoms with E-state index in [-0.39, 0.29) is 11.7 Å². The van der Waals surface area contributed by atoms with E-state index in [1.54, 1.807) is 29.1 Å². The molecule has 0 spiro atoms. The topological polar surface area (TPSA) is 85.8 Å². The average molecular weight is 483 g/mol. The van der Waals surface area contributed by atoms with Crippen molar-refractivity contribution in [2.24, 2.45) is 5.92 Å². The number of piperidine rings is 1. The van der Waals surface area contributed by atoms with Crippen molar-refractivity contribution in [2.45, 2.75) is 39.3 Å². The van der Waals surface area contributed by atoms with Crippen molar-refractivity contribution in [1.29, 1.82) is 0 Å². The molecule has 182 valence electrons. The highest BCUT2D eigenvalue weighted by Crippen LogP contribution is 2.25. The Labute approximate surface area is 199 Å². The van der Waals surface area contributed by atoms with Gasteiger partial charge in [0, 0.05) is 23.9 Å². The standard InChI is InChI=1S/C24H24F3N7O/c1-15-6-8-33(9-7-15)12-18-10-16(3-5-20(18)25)21-14-34(32-29-21)13-19-4-2-17(11-28-19)23-30-31-24(35-23)22(26)27/h2-5,10-11,14-15,22H,6-9,12-13H2,1H3. The maximum Gasteiger partial charge on any atom is 0.314 e.